The van der Waals surface area contributed by atoms with Crippen molar-refractivity contribution in [2.75, 3.05) is 0 Å². The number of nitrogens with one attached hydrogen (secondary N) is 1. The third kappa shape index (κ3) is 4.94. The molecule has 150 valence electrons. The number of aromatic nitrogens is 2. The lowest BCUT2D eigenvalue weighted by atomic mass is 10.1. The van der Waals surface area contributed by atoms with Gasteiger partial charge in [0.1, 0.15) is 12.4 Å². The van der Waals surface area contributed by atoms with Crippen molar-refractivity contribution in [3.63, 3.8) is 0 Å². The van der Waals surface area contributed by atoms with Crippen molar-refractivity contribution in [3.05, 3.63) is 88.0 Å². The summed E-state index contributed by atoms with van der Waals surface area (Å²) in [7, 11) is -4.14. The first-order valence-corrected chi connectivity index (χ1v) is 10.1. The van der Waals surface area contributed by atoms with Crippen molar-refractivity contribution >= 4 is 15.7 Å². The zero-order chi connectivity index (χ0) is 21.0. The van der Waals surface area contributed by atoms with Crippen LogP contribution in [0.1, 0.15) is 11.1 Å². The van der Waals surface area contributed by atoms with Crippen LogP contribution in [0.5, 0.6) is 0 Å². The molecule has 0 saturated heterocycles. The SMILES string of the molecule is Cc1ccc(CNC(=O)Cn2nc(S(=O)(=O)c3cccc(F)c3)ccc2=O)cc1. The molecule has 3 rings (SSSR count). The number of sulfone groups is 1. The first-order valence-electron chi connectivity index (χ1n) is 8.67. The van der Waals surface area contributed by atoms with Gasteiger partial charge in [-0.2, -0.15) is 5.10 Å². The lowest BCUT2D eigenvalue weighted by Crippen LogP contribution is -2.33. The molecular weight excluding hydrogens is 397 g/mol. The molecule has 0 unspecified atom stereocenters. The Bertz CT molecular complexity index is 1200. The molecule has 0 spiro atoms. The van der Waals surface area contributed by atoms with Gasteiger partial charge in [0, 0.05) is 12.6 Å². The molecule has 7 nitrogen and oxygen atoms in total. The molecule has 0 fully saturated rings. The minimum absolute atomic E-state index is 0.259. The standard InChI is InChI=1S/C20H18FN3O4S/c1-14-5-7-15(8-6-14)12-22-18(25)13-24-20(26)10-9-19(23-24)29(27,28)17-4-2-3-16(21)11-17/h2-11H,12-13H2,1H3,(H,22,25). The lowest BCUT2D eigenvalue weighted by molar-refractivity contribution is -0.122. The molecule has 1 heterocycles. The molecule has 0 saturated carbocycles. The van der Waals surface area contributed by atoms with Gasteiger partial charge in [-0.15, -0.1) is 0 Å². The van der Waals surface area contributed by atoms with Crippen molar-refractivity contribution in [2.45, 2.75) is 29.9 Å². The monoisotopic (exact) mass is 415 g/mol. The van der Waals surface area contributed by atoms with E-state index in [9.17, 15) is 22.4 Å². The van der Waals surface area contributed by atoms with E-state index in [1.807, 2.05) is 31.2 Å². The van der Waals surface area contributed by atoms with Crippen molar-refractivity contribution < 1.29 is 17.6 Å². The number of halogens is 1. The molecular formula is C20H18FN3O4S. The number of aryl methyl sites for hydroxylation is 1. The summed E-state index contributed by atoms with van der Waals surface area (Å²) in [6.45, 7) is 1.76. The van der Waals surface area contributed by atoms with E-state index in [4.69, 9.17) is 0 Å². The second-order valence-corrected chi connectivity index (χ2v) is 8.29. The molecule has 3 aromatic rings. The number of nitrogens with zero attached hydrogens (tertiary/aromatic N) is 2. The van der Waals surface area contributed by atoms with E-state index in [-0.39, 0.29) is 11.4 Å². The molecule has 0 atom stereocenters. The summed E-state index contributed by atoms with van der Waals surface area (Å²) in [6.07, 6.45) is 0. The van der Waals surface area contributed by atoms with Crippen LogP contribution in [0.3, 0.4) is 0 Å². The highest BCUT2D eigenvalue weighted by Gasteiger charge is 2.21. The Morgan fingerprint density at radius 3 is 2.52 bits per heavy atom. The van der Waals surface area contributed by atoms with Gasteiger partial charge in [-0.3, -0.25) is 9.59 Å². The topological polar surface area (TPSA) is 98.1 Å². The Balaban J connectivity index is 1.77. The summed E-state index contributed by atoms with van der Waals surface area (Å²) < 4.78 is 39.4. The van der Waals surface area contributed by atoms with Gasteiger partial charge in [-0.25, -0.2) is 17.5 Å². The maximum Gasteiger partial charge on any atom is 0.267 e. The second-order valence-electron chi connectivity index (χ2n) is 6.39. The molecule has 9 heteroatoms. The van der Waals surface area contributed by atoms with Crippen molar-refractivity contribution in [2.24, 2.45) is 0 Å². The molecule has 2 aromatic carbocycles. The highest BCUT2D eigenvalue weighted by Crippen LogP contribution is 2.18. The molecule has 0 aliphatic heterocycles. The van der Waals surface area contributed by atoms with Gasteiger partial charge in [0.15, 0.2) is 5.03 Å². The molecule has 1 N–H and O–H groups in total. The number of benzene rings is 2. The summed E-state index contributed by atoms with van der Waals surface area (Å²) in [5.74, 6) is -1.21. The highest BCUT2D eigenvalue weighted by molar-refractivity contribution is 7.91. The normalized spacial score (nSPS) is 11.2. The first-order chi connectivity index (χ1) is 13.8. The number of amides is 1. The maximum atomic E-state index is 13.4. The fourth-order valence-electron chi connectivity index (χ4n) is 2.54. The van der Waals surface area contributed by atoms with Crippen LogP contribution in [0.25, 0.3) is 0 Å². The maximum absolute atomic E-state index is 13.4. The number of carbonyl (C=O) groups is 1. The fraction of sp³-hybridized carbons (Fsp3) is 0.150. The quantitative estimate of drug-likeness (QED) is 0.663. The summed E-state index contributed by atoms with van der Waals surface area (Å²) in [4.78, 5) is 23.9. The molecule has 0 radical (unpaired) electrons. The van der Waals surface area contributed by atoms with Crippen LogP contribution in [-0.2, 0) is 27.7 Å². The Labute approximate surface area is 166 Å². The predicted molar refractivity (Wildman–Crippen MR) is 103 cm³/mol. The molecule has 1 aromatic heterocycles. The first kappa shape index (κ1) is 20.4. The second kappa shape index (κ2) is 8.36. The van der Waals surface area contributed by atoms with E-state index < -0.39 is 38.7 Å². The van der Waals surface area contributed by atoms with E-state index in [0.717, 1.165) is 40.1 Å². The van der Waals surface area contributed by atoms with E-state index >= 15 is 0 Å². The van der Waals surface area contributed by atoms with Crippen molar-refractivity contribution in [1.82, 2.24) is 15.1 Å². The predicted octanol–water partition coefficient (Wildman–Crippen LogP) is 1.84. The largest absolute Gasteiger partial charge is 0.350 e. The third-order valence-corrected chi connectivity index (χ3v) is 5.77. The van der Waals surface area contributed by atoms with Crippen LogP contribution in [-0.4, -0.2) is 24.1 Å². The Morgan fingerprint density at radius 2 is 1.83 bits per heavy atom. The zero-order valence-corrected chi connectivity index (χ0v) is 16.3. The smallest absolute Gasteiger partial charge is 0.267 e. The number of hydrogen-bond acceptors (Lipinski definition) is 5. The number of rotatable bonds is 6. The van der Waals surface area contributed by atoms with E-state index in [2.05, 4.69) is 10.4 Å². The summed E-state index contributed by atoms with van der Waals surface area (Å²) in [5, 5.41) is 5.99. The average molecular weight is 415 g/mol. The Kier molecular flexibility index (Phi) is 5.88. The molecule has 1 amide bonds. The third-order valence-electron chi connectivity index (χ3n) is 4.13. The van der Waals surface area contributed by atoms with Gasteiger partial charge in [-0.05, 0) is 36.8 Å². The van der Waals surface area contributed by atoms with Crippen LogP contribution in [0.4, 0.5) is 4.39 Å². The van der Waals surface area contributed by atoms with Gasteiger partial charge in [0.2, 0.25) is 15.7 Å². The zero-order valence-electron chi connectivity index (χ0n) is 15.5. The highest BCUT2D eigenvalue weighted by atomic mass is 32.2. The van der Waals surface area contributed by atoms with Crippen LogP contribution >= 0.6 is 0 Å². The fourth-order valence-corrected chi connectivity index (χ4v) is 3.76. The molecule has 0 aliphatic carbocycles. The summed E-state index contributed by atoms with van der Waals surface area (Å²) in [6, 6.07) is 14.1. The minimum atomic E-state index is -4.14. The molecule has 0 bridgehead atoms. The van der Waals surface area contributed by atoms with Gasteiger partial charge in [0.25, 0.3) is 5.56 Å². The molecule has 29 heavy (non-hydrogen) atoms. The van der Waals surface area contributed by atoms with Crippen molar-refractivity contribution in [1.29, 1.82) is 0 Å². The summed E-state index contributed by atoms with van der Waals surface area (Å²) in [5.41, 5.74) is 1.34. The Hall–Kier alpha value is -3.33. The van der Waals surface area contributed by atoms with Crippen LogP contribution in [0, 0.1) is 12.7 Å². The van der Waals surface area contributed by atoms with Gasteiger partial charge in [0.05, 0.1) is 4.90 Å². The van der Waals surface area contributed by atoms with Crippen LogP contribution in [0.15, 0.2) is 75.4 Å². The molecule has 0 aliphatic rings. The van der Waals surface area contributed by atoms with Crippen LogP contribution in [0.2, 0.25) is 0 Å². The Morgan fingerprint density at radius 1 is 1.10 bits per heavy atom. The van der Waals surface area contributed by atoms with E-state index in [1.165, 1.54) is 12.1 Å². The van der Waals surface area contributed by atoms with E-state index in [0.29, 0.717) is 0 Å². The number of carbonyl (C=O) groups excluding carboxylic acids is 1. The number of hydrogen-bond donors (Lipinski definition) is 1. The lowest BCUT2D eigenvalue weighted by Gasteiger charge is -2.09. The summed E-state index contributed by atoms with van der Waals surface area (Å²) >= 11 is 0. The average Bonchev–Trinajstić information content (AvgIpc) is 2.69. The van der Waals surface area contributed by atoms with Gasteiger partial charge < -0.3 is 5.32 Å². The van der Waals surface area contributed by atoms with Crippen molar-refractivity contribution in [3.8, 4) is 0 Å². The van der Waals surface area contributed by atoms with Crippen LogP contribution < -0.4 is 10.9 Å². The minimum Gasteiger partial charge on any atom is -0.350 e. The van der Waals surface area contributed by atoms with Gasteiger partial charge in [-0.1, -0.05) is 35.9 Å². The van der Waals surface area contributed by atoms with E-state index in [1.54, 1.807) is 0 Å². The van der Waals surface area contributed by atoms with Gasteiger partial charge >= 0.3 is 0 Å².